The lowest BCUT2D eigenvalue weighted by Crippen LogP contribution is -2.25. The molecule has 6 heteroatoms. The highest BCUT2D eigenvalue weighted by Gasteiger charge is 2.11. The molecular weight excluding hydrogens is 334 g/mol. The number of thioether (sulfide) groups is 1. The Morgan fingerprint density at radius 1 is 1.24 bits per heavy atom. The first-order valence-electron chi connectivity index (χ1n) is 8.19. The lowest BCUT2D eigenvalue weighted by molar-refractivity contribution is 0.0945. The molecule has 1 amide bonds. The second-order valence-corrected chi connectivity index (χ2v) is 6.60. The number of pyridine rings is 1. The van der Waals surface area contributed by atoms with E-state index < -0.39 is 0 Å². The second-order valence-electron chi connectivity index (χ2n) is 5.59. The van der Waals surface area contributed by atoms with Gasteiger partial charge in [-0.15, -0.1) is 11.8 Å². The van der Waals surface area contributed by atoms with Crippen LogP contribution in [0.3, 0.4) is 0 Å². The molecule has 0 saturated heterocycles. The smallest absolute Gasteiger partial charge is 0.252 e. The van der Waals surface area contributed by atoms with Crippen LogP contribution in [0.15, 0.2) is 59.8 Å². The Labute approximate surface area is 151 Å². The molecule has 25 heavy (non-hydrogen) atoms. The van der Waals surface area contributed by atoms with Crippen molar-refractivity contribution in [1.82, 2.24) is 14.7 Å². The predicted octanol–water partition coefficient (Wildman–Crippen LogP) is 3.39. The number of aromatic nitrogens is 2. The van der Waals surface area contributed by atoms with Crippen LogP contribution >= 0.6 is 11.8 Å². The molecule has 0 radical (unpaired) electrons. The molecule has 5 nitrogen and oxygen atoms in total. The van der Waals surface area contributed by atoms with Crippen LogP contribution in [0.2, 0.25) is 0 Å². The summed E-state index contributed by atoms with van der Waals surface area (Å²) in [6, 6.07) is 13.6. The molecule has 3 aromatic rings. The van der Waals surface area contributed by atoms with Gasteiger partial charge in [0, 0.05) is 43.3 Å². The number of fused-ring (bicyclic) bond motifs is 1. The predicted molar refractivity (Wildman–Crippen MR) is 100 cm³/mol. The summed E-state index contributed by atoms with van der Waals surface area (Å²) in [7, 11) is 1.66. The van der Waals surface area contributed by atoms with Crippen LogP contribution in [0, 0.1) is 0 Å². The molecule has 1 aromatic carbocycles. The lowest BCUT2D eigenvalue weighted by Gasteiger charge is -2.09. The highest BCUT2D eigenvalue weighted by Crippen LogP contribution is 2.26. The molecular formula is C19H21N3O2S. The number of methoxy groups -OCH3 is 1. The maximum atomic E-state index is 12.4. The number of imidazole rings is 1. The fraction of sp³-hybridized carbons (Fsp3) is 0.263. The first-order valence-corrected chi connectivity index (χ1v) is 9.18. The van der Waals surface area contributed by atoms with Gasteiger partial charge in [0.1, 0.15) is 5.65 Å². The zero-order chi connectivity index (χ0) is 17.5. The van der Waals surface area contributed by atoms with Crippen LogP contribution in [0.1, 0.15) is 22.5 Å². The number of ether oxygens (including phenoxy) is 1. The van der Waals surface area contributed by atoms with Crippen molar-refractivity contribution in [3.05, 3.63) is 66.1 Å². The van der Waals surface area contributed by atoms with Gasteiger partial charge >= 0.3 is 0 Å². The molecule has 0 fully saturated rings. The average molecular weight is 355 g/mol. The zero-order valence-electron chi connectivity index (χ0n) is 14.1. The van der Waals surface area contributed by atoms with E-state index in [0.717, 1.165) is 28.4 Å². The van der Waals surface area contributed by atoms with E-state index in [2.05, 4.69) is 10.3 Å². The Balaban J connectivity index is 1.65. The van der Waals surface area contributed by atoms with Gasteiger partial charge in [0.05, 0.1) is 11.3 Å². The van der Waals surface area contributed by atoms with Crippen LogP contribution in [-0.4, -0.2) is 35.6 Å². The van der Waals surface area contributed by atoms with E-state index in [-0.39, 0.29) is 5.91 Å². The van der Waals surface area contributed by atoms with Crippen molar-refractivity contribution in [2.24, 2.45) is 0 Å². The maximum Gasteiger partial charge on any atom is 0.252 e. The van der Waals surface area contributed by atoms with Crippen molar-refractivity contribution in [1.29, 1.82) is 0 Å². The molecule has 130 valence electrons. The summed E-state index contributed by atoms with van der Waals surface area (Å²) in [6.07, 6.45) is 4.81. The van der Waals surface area contributed by atoms with Crippen molar-refractivity contribution in [3.63, 3.8) is 0 Å². The van der Waals surface area contributed by atoms with E-state index in [1.54, 1.807) is 18.9 Å². The van der Waals surface area contributed by atoms with Crippen LogP contribution in [-0.2, 0) is 10.5 Å². The molecule has 1 N–H and O–H groups in total. The summed E-state index contributed by atoms with van der Waals surface area (Å²) < 4.78 is 7.01. The van der Waals surface area contributed by atoms with Crippen molar-refractivity contribution in [3.8, 4) is 0 Å². The minimum Gasteiger partial charge on any atom is -0.385 e. The van der Waals surface area contributed by atoms with E-state index >= 15 is 0 Å². The Kier molecular flexibility index (Phi) is 6.09. The van der Waals surface area contributed by atoms with Gasteiger partial charge in [0.2, 0.25) is 0 Å². The Bertz CT molecular complexity index is 814. The van der Waals surface area contributed by atoms with E-state index in [4.69, 9.17) is 4.74 Å². The second kappa shape index (κ2) is 8.69. The summed E-state index contributed by atoms with van der Waals surface area (Å²) in [5, 5.41) is 2.94. The minimum atomic E-state index is -0.0470. The third-order valence-corrected chi connectivity index (χ3v) is 4.84. The van der Waals surface area contributed by atoms with Gasteiger partial charge < -0.3 is 14.5 Å². The first-order chi connectivity index (χ1) is 12.3. The van der Waals surface area contributed by atoms with Crippen LogP contribution in [0.4, 0.5) is 0 Å². The molecule has 0 spiro atoms. The normalized spacial score (nSPS) is 10.9. The molecule has 0 unspecified atom stereocenters. The number of hydrogen-bond acceptors (Lipinski definition) is 4. The van der Waals surface area contributed by atoms with Gasteiger partial charge in [-0.2, -0.15) is 0 Å². The zero-order valence-corrected chi connectivity index (χ0v) is 15.0. The third-order valence-electron chi connectivity index (χ3n) is 3.73. The summed E-state index contributed by atoms with van der Waals surface area (Å²) in [5.41, 5.74) is 2.63. The molecule has 0 saturated carbocycles. The van der Waals surface area contributed by atoms with Crippen LogP contribution in [0.5, 0.6) is 0 Å². The summed E-state index contributed by atoms with van der Waals surface area (Å²) in [6.45, 7) is 1.25. The molecule has 2 heterocycles. The SMILES string of the molecule is COCCCNC(=O)c1ccccc1SCc1cn2ccccc2n1. The Morgan fingerprint density at radius 3 is 2.92 bits per heavy atom. The minimum absolute atomic E-state index is 0.0470. The number of carbonyl (C=O) groups excluding carboxylic acids is 1. The summed E-state index contributed by atoms with van der Waals surface area (Å²) >= 11 is 1.63. The number of benzene rings is 1. The molecule has 0 aliphatic heterocycles. The van der Waals surface area contributed by atoms with Crippen LogP contribution < -0.4 is 5.32 Å². The van der Waals surface area contributed by atoms with Gasteiger partial charge in [-0.05, 0) is 30.7 Å². The Hall–Kier alpha value is -2.31. The average Bonchev–Trinajstić information content (AvgIpc) is 3.06. The van der Waals surface area contributed by atoms with E-state index in [1.807, 2.05) is 59.3 Å². The van der Waals surface area contributed by atoms with Gasteiger partial charge in [0.25, 0.3) is 5.91 Å². The van der Waals surface area contributed by atoms with E-state index in [1.165, 1.54) is 0 Å². The van der Waals surface area contributed by atoms with Crippen molar-refractivity contribution >= 4 is 23.3 Å². The van der Waals surface area contributed by atoms with Gasteiger partial charge in [0.15, 0.2) is 0 Å². The van der Waals surface area contributed by atoms with E-state index in [0.29, 0.717) is 18.7 Å². The first kappa shape index (κ1) is 17.5. The van der Waals surface area contributed by atoms with Crippen LogP contribution in [0.25, 0.3) is 5.65 Å². The number of amides is 1. The molecule has 2 aromatic heterocycles. The number of carbonyl (C=O) groups is 1. The largest absolute Gasteiger partial charge is 0.385 e. The standard InChI is InChI=1S/C19H21N3O2S/c1-24-12-6-10-20-19(23)16-7-2-3-8-17(16)25-14-15-13-22-11-5-4-9-18(22)21-15/h2-5,7-9,11,13H,6,10,12,14H2,1H3,(H,20,23). The molecule has 0 aliphatic rings. The quantitative estimate of drug-likeness (QED) is 0.497. The van der Waals surface area contributed by atoms with Gasteiger partial charge in [-0.25, -0.2) is 4.98 Å². The number of hydrogen-bond donors (Lipinski definition) is 1. The van der Waals surface area contributed by atoms with Gasteiger partial charge in [-0.1, -0.05) is 18.2 Å². The van der Waals surface area contributed by atoms with E-state index in [9.17, 15) is 4.79 Å². The third kappa shape index (κ3) is 4.61. The highest BCUT2D eigenvalue weighted by atomic mass is 32.2. The van der Waals surface area contributed by atoms with Crippen molar-refractivity contribution < 1.29 is 9.53 Å². The maximum absolute atomic E-state index is 12.4. The molecule has 3 rings (SSSR count). The number of nitrogens with zero attached hydrogens (tertiary/aromatic N) is 2. The summed E-state index contributed by atoms with van der Waals surface area (Å²) in [4.78, 5) is 18.0. The molecule has 0 aliphatic carbocycles. The highest BCUT2D eigenvalue weighted by molar-refractivity contribution is 7.98. The lowest BCUT2D eigenvalue weighted by atomic mass is 10.2. The monoisotopic (exact) mass is 355 g/mol. The Morgan fingerprint density at radius 2 is 2.08 bits per heavy atom. The fourth-order valence-electron chi connectivity index (χ4n) is 2.50. The topological polar surface area (TPSA) is 55.6 Å². The fourth-order valence-corrected chi connectivity index (χ4v) is 3.44. The van der Waals surface area contributed by atoms with Crippen molar-refractivity contribution in [2.45, 2.75) is 17.1 Å². The summed E-state index contributed by atoms with van der Waals surface area (Å²) in [5.74, 6) is 0.671. The number of rotatable bonds is 8. The molecule has 0 atom stereocenters. The number of nitrogens with one attached hydrogen (secondary N) is 1. The molecule has 0 bridgehead atoms. The van der Waals surface area contributed by atoms with Gasteiger partial charge in [-0.3, -0.25) is 4.79 Å². The van der Waals surface area contributed by atoms with Crippen molar-refractivity contribution in [2.75, 3.05) is 20.3 Å².